The first-order valence-corrected chi connectivity index (χ1v) is 7.44. The largest absolute Gasteiger partial charge is 0.492 e. The van der Waals surface area contributed by atoms with Crippen molar-refractivity contribution < 1.29 is 13.2 Å². The van der Waals surface area contributed by atoms with Gasteiger partial charge in [0, 0.05) is 24.6 Å². The molecule has 2 rings (SSSR count). The number of hydrogen-bond donors (Lipinski definition) is 2. The highest BCUT2D eigenvalue weighted by molar-refractivity contribution is 7.89. The molecule has 0 atom stereocenters. The van der Waals surface area contributed by atoms with Crippen molar-refractivity contribution in [3.8, 4) is 5.75 Å². The zero-order chi connectivity index (χ0) is 14.4. The molecule has 0 saturated heterocycles. The molecule has 0 bridgehead atoms. The summed E-state index contributed by atoms with van der Waals surface area (Å²) in [5.41, 5.74) is 6.20. The summed E-state index contributed by atoms with van der Waals surface area (Å²) >= 11 is 0. The van der Waals surface area contributed by atoms with E-state index in [1.807, 2.05) is 0 Å². The molecule has 1 aromatic heterocycles. The molecule has 106 valence electrons. The van der Waals surface area contributed by atoms with E-state index in [4.69, 9.17) is 10.5 Å². The number of pyridine rings is 1. The van der Waals surface area contributed by atoms with Crippen LogP contribution in [0.5, 0.6) is 5.75 Å². The van der Waals surface area contributed by atoms with E-state index in [2.05, 4.69) is 9.71 Å². The first-order valence-electron chi connectivity index (χ1n) is 5.96. The number of benzene rings is 1. The van der Waals surface area contributed by atoms with Crippen molar-refractivity contribution in [1.82, 2.24) is 9.71 Å². The fourth-order valence-corrected chi connectivity index (χ4v) is 2.47. The Balaban J connectivity index is 1.83. The van der Waals surface area contributed by atoms with Crippen LogP contribution in [-0.4, -0.2) is 26.6 Å². The molecule has 0 unspecified atom stereocenters. The summed E-state index contributed by atoms with van der Waals surface area (Å²) in [5.74, 6) is 0.639. The van der Waals surface area contributed by atoms with Gasteiger partial charge in [-0.1, -0.05) is 0 Å². The Morgan fingerprint density at radius 3 is 2.60 bits per heavy atom. The van der Waals surface area contributed by atoms with E-state index in [0.29, 0.717) is 11.4 Å². The molecule has 0 saturated carbocycles. The molecule has 0 fully saturated rings. The van der Waals surface area contributed by atoms with Crippen LogP contribution in [0.4, 0.5) is 5.69 Å². The van der Waals surface area contributed by atoms with E-state index in [1.54, 1.807) is 30.3 Å². The monoisotopic (exact) mass is 293 g/mol. The van der Waals surface area contributed by atoms with Gasteiger partial charge < -0.3 is 10.5 Å². The van der Waals surface area contributed by atoms with Gasteiger partial charge in [0.15, 0.2) is 0 Å². The van der Waals surface area contributed by atoms with Crippen molar-refractivity contribution in [2.75, 3.05) is 18.9 Å². The molecule has 1 aromatic carbocycles. The van der Waals surface area contributed by atoms with Crippen molar-refractivity contribution >= 4 is 15.7 Å². The van der Waals surface area contributed by atoms with Gasteiger partial charge in [0.1, 0.15) is 17.3 Å². The molecule has 3 N–H and O–H groups in total. The number of nitrogens with two attached hydrogens (primary N) is 1. The maximum atomic E-state index is 11.9. The van der Waals surface area contributed by atoms with Crippen LogP contribution in [0, 0.1) is 0 Å². The summed E-state index contributed by atoms with van der Waals surface area (Å²) < 4.78 is 31.6. The molecule has 1 heterocycles. The van der Waals surface area contributed by atoms with Crippen molar-refractivity contribution in [3.63, 3.8) is 0 Å². The molecule has 20 heavy (non-hydrogen) atoms. The summed E-state index contributed by atoms with van der Waals surface area (Å²) in [6.07, 6.45) is 2.81. The van der Waals surface area contributed by atoms with Gasteiger partial charge >= 0.3 is 0 Å². The van der Waals surface area contributed by atoms with Crippen molar-refractivity contribution in [2.45, 2.75) is 4.90 Å². The van der Waals surface area contributed by atoms with E-state index >= 15 is 0 Å². The van der Waals surface area contributed by atoms with Crippen LogP contribution in [0.2, 0.25) is 0 Å². The van der Waals surface area contributed by atoms with Crippen LogP contribution in [0.3, 0.4) is 0 Å². The Morgan fingerprint density at radius 2 is 1.95 bits per heavy atom. The Bertz CT molecular complexity index is 642. The van der Waals surface area contributed by atoms with Gasteiger partial charge in [0.2, 0.25) is 10.0 Å². The second kappa shape index (κ2) is 6.36. The lowest BCUT2D eigenvalue weighted by molar-refractivity contribution is 0.323. The van der Waals surface area contributed by atoms with Gasteiger partial charge in [0.05, 0.1) is 0 Å². The molecule has 2 aromatic rings. The molecular weight excluding hydrogens is 278 g/mol. The molecule has 6 nitrogen and oxygen atoms in total. The molecular formula is C13H15N3O3S. The third kappa shape index (κ3) is 3.94. The van der Waals surface area contributed by atoms with E-state index in [0.717, 1.165) is 0 Å². The smallest absolute Gasteiger partial charge is 0.242 e. The summed E-state index contributed by atoms with van der Waals surface area (Å²) in [5, 5.41) is 0. The second-order valence-corrected chi connectivity index (χ2v) is 5.77. The van der Waals surface area contributed by atoms with E-state index in [-0.39, 0.29) is 18.0 Å². The summed E-state index contributed by atoms with van der Waals surface area (Å²) in [6, 6.07) is 9.94. The molecule has 0 aliphatic carbocycles. The number of nitrogens with zero attached hydrogens (tertiary/aromatic N) is 1. The fourth-order valence-electron chi connectivity index (χ4n) is 1.50. The first-order chi connectivity index (χ1) is 9.58. The summed E-state index contributed by atoms with van der Waals surface area (Å²) in [7, 11) is -3.53. The summed E-state index contributed by atoms with van der Waals surface area (Å²) in [4.78, 5) is 3.90. The summed E-state index contributed by atoms with van der Waals surface area (Å²) in [6.45, 7) is 0.394. The highest BCUT2D eigenvalue weighted by atomic mass is 32.2. The Labute approximate surface area is 117 Å². The predicted octanol–water partition coefficient (Wildman–Crippen LogP) is 1.02. The fraction of sp³-hybridized carbons (Fsp3) is 0.154. The molecule has 0 aliphatic heterocycles. The lowest BCUT2D eigenvalue weighted by Crippen LogP contribution is -2.28. The zero-order valence-electron chi connectivity index (χ0n) is 10.7. The zero-order valence-corrected chi connectivity index (χ0v) is 11.5. The van der Waals surface area contributed by atoms with Crippen LogP contribution >= 0.6 is 0 Å². The highest BCUT2D eigenvalue weighted by Crippen LogP contribution is 2.12. The van der Waals surface area contributed by atoms with Gasteiger partial charge in [-0.2, -0.15) is 0 Å². The maximum absolute atomic E-state index is 11.9. The number of sulfonamides is 1. The number of anilines is 1. The molecule has 0 radical (unpaired) electrons. The quantitative estimate of drug-likeness (QED) is 0.612. The van der Waals surface area contributed by atoms with Gasteiger partial charge in [-0.15, -0.1) is 0 Å². The van der Waals surface area contributed by atoms with Crippen LogP contribution in [-0.2, 0) is 10.0 Å². The number of rotatable bonds is 6. The van der Waals surface area contributed by atoms with Gasteiger partial charge in [-0.3, -0.25) is 4.98 Å². The van der Waals surface area contributed by atoms with E-state index in [1.165, 1.54) is 18.5 Å². The standard InChI is InChI=1S/C13H15N3O3S/c14-11-3-5-12(6-4-11)19-9-8-16-20(17,18)13-2-1-7-15-10-13/h1-7,10,16H,8-9,14H2. The average molecular weight is 293 g/mol. The van der Waals surface area contributed by atoms with Crippen LogP contribution < -0.4 is 15.2 Å². The maximum Gasteiger partial charge on any atom is 0.242 e. The number of aromatic nitrogens is 1. The minimum absolute atomic E-state index is 0.132. The lowest BCUT2D eigenvalue weighted by Gasteiger charge is -2.08. The number of nitrogen functional groups attached to an aromatic ring is 1. The predicted molar refractivity (Wildman–Crippen MR) is 75.8 cm³/mol. The number of ether oxygens (including phenoxy) is 1. The minimum Gasteiger partial charge on any atom is -0.492 e. The van der Waals surface area contributed by atoms with E-state index < -0.39 is 10.0 Å². The molecule has 0 amide bonds. The van der Waals surface area contributed by atoms with Crippen molar-refractivity contribution in [2.24, 2.45) is 0 Å². The Hall–Kier alpha value is -2.12. The topological polar surface area (TPSA) is 94.3 Å². The van der Waals surface area contributed by atoms with Gasteiger partial charge in [-0.05, 0) is 36.4 Å². The van der Waals surface area contributed by atoms with Crippen molar-refractivity contribution in [3.05, 3.63) is 48.8 Å². The minimum atomic E-state index is -3.53. The Morgan fingerprint density at radius 1 is 1.20 bits per heavy atom. The van der Waals surface area contributed by atoms with Crippen LogP contribution in [0.1, 0.15) is 0 Å². The third-order valence-corrected chi connectivity index (χ3v) is 3.93. The molecule has 7 heteroatoms. The van der Waals surface area contributed by atoms with E-state index in [9.17, 15) is 8.42 Å². The van der Waals surface area contributed by atoms with Crippen LogP contribution in [0.15, 0.2) is 53.7 Å². The Kier molecular flexibility index (Phi) is 4.54. The third-order valence-electron chi connectivity index (χ3n) is 2.49. The SMILES string of the molecule is Nc1ccc(OCCNS(=O)(=O)c2cccnc2)cc1. The van der Waals surface area contributed by atoms with Crippen LogP contribution in [0.25, 0.3) is 0 Å². The number of nitrogens with one attached hydrogen (secondary N) is 1. The van der Waals surface area contributed by atoms with Gasteiger partial charge in [-0.25, -0.2) is 13.1 Å². The average Bonchev–Trinajstić information content (AvgIpc) is 2.46. The van der Waals surface area contributed by atoms with Crippen molar-refractivity contribution in [1.29, 1.82) is 0 Å². The molecule has 0 spiro atoms. The normalized spacial score (nSPS) is 11.2. The number of hydrogen-bond acceptors (Lipinski definition) is 5. The first kappa shape index (κ1) is 14.3. The highest BCUT2D eigenvalue weighted by Gasteiger charge is 2.12. The lowest BCUT2D eigenvalue weighted by atomic mass is 10.3. The van der Waals surface area contributed by atoms with Gasteiger partial charge in [0.25, 0.3) is 0 Å². The molecule has 0 aliphatic rings. The second-order valence-electron chi connectivity index (χ2n) is 4.00.